The Bertz CT molecular complexity index is 3970. The van der Waals surface area contributed by atoms with Crippen LogP contribution in [-0.2, 0) is 0 Å². The molecule has 0 bridgehead atoms. The quantitative estimate of drug-likeness (QED) is 0.161. The zero-order valence-electron chi connectivity index (χ0n) is 40.9. The van der Waals surface area contributed by atoms with Crippen molar-refractivity contribution in [3.05, 3.63) is 218 Å². The summed E-state index contributed by atoms with van der Waals surface area (Å²) < 4.78 is 76.5. The van der Waals surface area contributed by atoms with E-state index in [9.17, 15) is 5.48 Å². The molecule has 0 fully saturated rings. The summed E-state index contributed by atoms with van der Waals surface area (Å²) in [6.07, 6.45) is 0. The number of hydrogen-bond acceptors (Lipinski definition) is 4. The molecule has 4 nitrogen and oxygen atoms in total. The largest absolute Gasteiger partial charge is 0.308 e. The van der Waals surface area contributed by atoms with Gasteiger partial charge in [0.15, 0.2) is 17.5 Å². The van der Waals surface area contributed by atoms with Crippen molar-refractivity contribution in [1.29, 1.82) is 0 Å². The van der Waals surface area contributed by atoms with Gasteiger partial charge in [0, 0.05) is 42.1 Å². The lowest BCUT2D eigenvalue weighted by molar-refractivity contribution is 1.07. The molecular formula is C57H36N4S. The number of nitrogens with zero attached hydrogens (tertiary/aromatic N) is 4. The molecule has 0 N–H and O–H groups in total. The van der Waals surface area contributed by atoms with Gasteiger partial charge in [-0.2, -0.15) is 0 Å². The van der Waals surface area contributed by atoms with E-state index >= 15 is 0 Å². The van der Waals surface area contributed by atoms with Crippen molar-refractivity contribution in [1.82, 2.24) is 19.5 Å². The number of rotatable bonds is 7. The molecule has 5 heteroatoms. The van der Waals surface area contributed by atoms with Crippen molar-refractivity contribution in [2.75, 3.05) is 0 Å². The van der Waals surface area contributed by atoms with E-state index in [1.165, 1.54) is 0 Å². The van der Waals surface area contributed by atoms with Crippen LogP contribution in [0.15, 0.2) is 218 Å². The average Bonchev–Trinajstić information content (AvgIpc) is 3.97. The molecule has 12 aromatic rings. The predicted molar refractivity (Wildman–Crippen MR) is 260 cm³/mol. The van der Waals surface area contributed by atoms with Crippen LogP contribution in [0.3, 0.4) is 0 Å². The van der Waals surface area contributed by atoms with Crippen LogP contribution in [0.5, 0.6) is 0 Å². The number of para-hydroxylation sites is 2. The van der Waals surface area contributed by atoms with Crippen molar-refractivity contribution in [3.63, 3.8) is 0 Å². The summed E-state index contributed by atoms with van der Waals surface area (Å²) in [5.41, 5.74) is 7.49. The normalized spacial score (nSPS) is 13.4. The van der Waals surface area contributed by atoms with Gasteiger partial charge in [0.05, 0.1) is 33.3 Å². The minimum atomic E-state index is -0.519. The molecule has 0 atom stereocenters. The van der Waals surface area contributed by atoms with Gasteiger partial charge in [-0.15, -0.1) is 11.3 Å². The Balaban J connectivity index is 1.24. The average molecular weight is 817 g/mol. The van der Waals surface area contributed by atoms with Crippen molar-refractivity contribution < 1.29 is 11.0 Å². The SMILES string of the molecule is [2H]c1c([2H])c([2H])c2c(c1[2H])c1c([2H])c([2H])c([2H])c([2H])c1n2-c1cccc(-c2cc(-c3ccccc3)cc(-c3ccccc3)c2)c1-c1nc(-c2ccccc2)nc(-c2ccc3c(c2)sc2ccccc23)n1. The van der Waals surface area contributed by atoms with Crippen molar-refractivity contribution in [2.24, 2.45) is 0 Å². The van der Waals surface area contributed by atoms with Gasteiger partial charge in [0.2, 0.25) is 0 Å². The minimum absolute atomic E-state index is 0.0119. The van der Waals surface area contributed by atoms with Crippen LogP contribution in [0.25, 0.3) is 115 Å². The third kappa shape index (κ3) is 6.18. The minimum Gasteiger partial charge on any atom is -0.308 e. The lowest BCUT2D eigenvalue weighted by Crippen LogP contribution is -2.05. The van der Waals surface area contributed by atoms with Crippen LogP contribution < -0.4 is 0 Å². The van der Waals surface area contributed by atoms with Gasteiger partial charge >= 0.3 is 0 Å². The second-order valence-electron chi connectivity index (χ2n) is 15.0. The second kappa shape index (κ2) is 14.9. The highest BCUT2D eigenvalue weighted by Crippen LogP contribution is 2.43. The fourth-order valence-electron chi connectivity index (χ4n) is 8.44. The molecule has 0 spiro atoms. The van der Waals surface area contributed by atoms with Crippen LogP contribution >= 0.6 is 11.3 Å². The molecule has 0 saturated carbocycles. The van der Waals surface area contributed by atoms with Gasteiger partial charge in [-0.05, 0) is 81.9 Å². The summed E-state index contributed by atoms with van der Waals surface area (Å²) in [4.78, 5) is 15.8. The highest BCUT2D eigenvalue weighted by atomic mass is 32.1. The van der Waals surface area contributed by atoms with E-state index in [1.807, 2.05) is 97.1 Å². The van der Waals surface area contributed by atoms with E-state index in [2.05, 4.69) is 66.7 Å². The highest BCUT2D eigenvalue weighted by Gasteiger charge is 2.23. The van der Waals surface area contributed by atoms with Crippen LogP contribution in [0.2, 0.25) is 0 Å². The summed E-state index contributed by atoms with van der Waals surface area (Å²) in [6, 6.07) is 52.5. The summed E-state index contributed by atoms with van der Waals surface area (Å²) in [7, 11) is 0. The molecule has 0 saturated heterocycles. The molecule has 3 heterocycles. The van der Waals surface area contributed by atoms with Crippen LogP contribution in [0.1, 0.15) is 11.0 Å². The predicted octanol–water partition coefficient (Wildman–Crippen LogP) is 15.3. The number of fused-ring (bicyclic) bond motifs is 6. The highest BCUT2D eigenvalue weighted by molar-refractivity contribution is 7.25. The molecule has 12 rings (SSSR count). The molecule has 290 valence electrons. The maximum atomic E-state index is 9.47. The first kappa shape index (κ1) is 28.5. The molecule has 0 amide bonds. The second-order valence-corrected chi connectivity index (χ2v) is 16.1. The zero-order valence-corrected chi connectivity index (χ0v) is 33.7. The Morgan fingerprint density at radius 3 is 1.56 bits per heavy atom. The first-order valence-electron chi connectivity index (χ1n) is 24.2. The molecule has 0 unspecified atom stereocenters. The van der Waals surface area contributed by atoms with Crippen LogP contribution in [0, 0.1) is 0 Å². The number of aromatic nitrogens is 4. The van der Waals surface area contributed by atoms with Crippen LogP contribution in [-0.4, -0.2) is 19.5 Å². The fraction of sp³-hybridized carbons (Fsp3) is 0. The van der Waals surface area contributed by atoms with E-state index in [-0.39, 0.29) is 27.6 Å². The Kier molecular flexibility index (Phi) is 6.86. The van der Waals surface area contributed by atoms with Gasteiger partial charge in [-0.3, -0.25) is 0 Å². The van der Waals surface area contributed by atoms with Gasteiger partial charge in [-0.25, -0.2) is 15.0 Å². The molecule has 0 radical (unpaired) electrons. The third-order valence-corrected chi connectivity index (χ3v) is 12.4. The lowest BCUT2D eigenvalue weighted by Gasteiger charge is -2.19. The molecular weight excluding hydrogens is 773 g/mol. The third-order valence-electron chi connectivity index (χ3n) is 11.3. The van der Waals surface area contributed by atoms with Gasteiger partial charge < -0.3 is 4.57 Å². The van der Waals surface area contributed by atoms with Crippen molar-refractivity contribution in [3.8, 4) is 73.2 Å². The molecule has 3 aromatic heterocycles. The Hall–Kier alpha value is -7.99. The van der Waals surface area contributed by atoms with Gasteiger partial charge in [0.1, 0.15) is 0 Å². The van der Waals surface area contributed by atoms with E-state index in [1.54, 1.807) is 22.0 Å². The standard InChI is InChI=1S/C57H36N4S/c1-4-17-37(18-5-1)41-33-42(38-19-6-2-7-20-38)35-43(34-41)44-26-16-29-51(61-49-27-13-10-23-45(49)46-24-11-14-28-50(46)61)54(44)57-59-55(39-21-8-3-9-22-39)58-56(60-57)40-31-32-48-47-25-12-15-30-52(47)62-53(48)36-40/h1-36H/i10D,11D,13D,14D,23D,24D,27D,28D. The van der Waals surface area contributed by atoms with E-state index in [0.717, 1.165) is 59.1 Å². The molecule has 0 aliphatic carbocycles. The van der Waals surface area contributed by atoms with Gasteiger partial charge in [0.25, 0.3) is 0 Å². The van der Waals surface area contributed by atoms with Crippen molar-refractivity contribution in [2.45, 2.75) is 0 Å². The maximum absolute atomic E-state index is 9.47. The van der Waals surface area contributed by atoms with Crippen LogP contribution in [0.4, 0.5) is 0 Å². The topological polar surface area (TPSA) is 43.6 Å². The first-order valence-corrected chi connectivity index (χ1v) is 21.0. The number of hydrogen-bond donors (Lipinski definition) is 0. The summed E-state index contributed by atoms with van der Waals surface area (Å²) in [5, 5.41) is 2.21. The van der Waals surface area contributed by atoms with Gasteiger partial charge in [-0.1, -0.05) is 170 Å². The molecule has 62 heavy (non-hydrogen) atoms. The fourth-order valence-corrected chi connectivity index (χ4v) is 9.58. The van der Waals surface area contributed by atoms with E-state index < -0.39 is 48.3 Å². The summed E-state index contributed by atoms with van der Waals surface area (Å²) in [5.74, 6) is 0.999. The smallest absolute Gasteiger partial charge is 0.166 e. The zero-order chi connectivity index (χ0) is 47.9. The lowest BCUT2D eigenvalue weighted by atomic mass is 9.90. The monoisotopic (exact) mass is 816 g/mol. The number of benzene rings is 9. The Morgan fingerprint density at radius 2 is 0.903 bits per heavy atom. The van der Waals surface area contributed by atoms with E-state index in [4.69, 9.17) is 20.4 Å². The molecule has 0 aliphatic rings. The Labute approximate surface area is 374 Å². The molecule has 9 aromatic carbocycles. The van der Waals surface area contributed by atoms with E-state index in [0.29, 0.717) is 28.5 Å². The number of thiophene rings is 1. The molecule has 0 aliphatic heterocycles. The first-order chi connectivity index (χ1) is 34.0. The summed E-state index contributed by atoms with van der Waals surface area (Å²) in [6.45, 7) is 0. The van der Waals surface area contributed by atoms with Crippen molar-refractivity contribution >= 4 is 53.3 Å². The Morgan fingerprint density at radius 1 is 0.371 bits per heavy atom. The maximum Gasteiger partial charge on any atom is 0.166 e. The summed E-state index contributed by atoms with van der Waals surface area (Å²) >= 11 is 1.68.